The molecule has 0 atom stereocenters. The van der Waals surface area contributed by atoms with E-state index in [1.54, 1.807) is 16.2 Å². The van der Waals surface area contributed by atoms with Gasteiger partial charge in [-0.25, -0.2) is 0 Å². The van der Waals surface area contributed by atoms with Gasteiger partial charge in [-0.05, 0) is 35.0 Å². The second kappa shape index (κ2) is 7.92. The zero-order valence-electron chi connectivity index (χ0n) is 11.2. The van der Waals surface area contributed by atoms with Crippen LogP contribution in [0.3, 0.4) is 0 Å². The molecule has 1 aromatic rings. The molecule has 0 saturated heterocycles. The van der Waals surface area contributed by atoms with Crippen molar-refractivity contribution in [2.75, 3.05) is 13.6 Å². The van der Waals surface area contributed by atoms with Crippen molar-refractivity contribution in [3.63, 3.8) is 0 Å². The minimum absolute atomic E-state index is 0.213. The summed E-state index contributed by atoms with van der Waals surface area (Å²) in [5, 5.41) is 5.36. The Labute approximate surface area is 122 Å². The van der Waals surface area contributed by atoms with E-state index < -0.39 is 0 Å². The number of nitrogens with zero attached hydrogens (tertiary/aromatic N) is 1. The van der Waals surface area contributed by atoms with Crippen molar-refractivity contribution < 1.29 is 4.79 Å². The first-order valence-electron chi connectivity index (χ1n) is 6.19. The van der Waals surface area contributed by atoms with E-state index in [0.29, 0.717) is 19.0 Å². The minimum atomic E-state index is 0.213. The molecule has 5 heteroatoms. The SMILES string of the molecule is CC(C)NCCCC(=O)N(C)Cc1cc(Br)cs1. The number of carbonyl (C=O) groups is 1. The first-order chi connectivity index (χ1) is 8.49. The maximum absolute atomic E-state index is 11.9. The minimum Gasteiger partial charge on any atom is -0.341 e. The van der Waals surface area contributed by atoms with E-state index in [4.69, 9.17) is 0 Å². The average molecular weight is 333 g/mol. The highest BCUT2D eigenvalue weighted by molar-refractivity contribution is 9.10. The molecule has 3 nitrogen and oxygen atoms in total. The number of nitrogens with one attached hydrogen (secondary N) is 1. The Morgan fingerprint density at radius 3 is 2.83 bits per heavy atom. The highest BCUT2D eigenvalue weighted by Gasteiger charge is 2.10. The smallest absolute Gasteiger partial charge is 0.222 e. The summed E-state index contributed by atoms with van der Waals surface area (Å²) < 4.78 is 1.09. The Hall–Kier alpha value is -0.390. The van der Waals surface area contributed by atoms with Crippen LogP contribution < -0.4 is 5.32 Å². The summed E-state index contributed by atoms with van der Waals surface area (Å²) >= 11 is 5.10. The summed E-state index contributed by atoms with van der Waals surface area (Å²) in [7, 11) is 1.87. The van der Waals surface area contributed by atoms with Crippen LogP contribution in [0.2, 0.25) is 0 Å². The fourth-order valence-electron chi connectivity index (χ4n) is 1.58. The number of hydrogen-bond acceptors (Lipinski definition) is 3. The molecule has 0 radical (unpaired) electrons. The standard InChI is InChI=1S/C13H21BrN2OS/c1-10(2)15-6-4-5-13(17)16(3)8-12-7-11(14)9-18-12/h7,9-10,15H,4-6,8H2,1-3H3. The Morgan fingerprint density at radius 1 is 1.56 bits per heavy atom. The highest BCUT2D eigenvalue weighted by atomic mass is 79.9. The monoisotopic (exact) mass is 332 g/mol. The number of carbonyl (C=O) groups excluding carboxylic acids is 1. The maximum atomic E-state index is 11.9. The van der Waals surface area contributed by atoms with E-state index >= 15 is 0 Å². The van der Waals surface area contributed by atoms with Crippen molar-refractivity contribution in [1.29, 1.82) is 0 Å². The van der Waals surface area contributed by atoms with Gasteiger partial charge >= 0.3 is 0 Å². The Kier molecular flexibility index (Phi) is 6.89. The molecule has 102 valence electrons. The van der Waals surface area contributed by atoms with Crippen molar-refractivity contribution >= 4 is 33.2 Å². The summed E-state index contributed by atoms with van der Waals surface area (Å²) in [6.45, 7) is 5.83. The van der Waals surface area contributed by atoms with Crippen LogP contribution in [-0.2, 0) is 11.3 Å². The molecule has 0 aliphatic rings. The predicted octanol–water partition coefficient (Wildman–Crippen LogP) is 3.25. The molecule has 0 aromatic carbocycles. The third kappa shape index (κ3) is 5.98. The van der Waals surface area contributed by atoms with Crippen molar-refractivity contribution in [2.45, 2.75) is 39.3 Å². The second-order valence-corrected chi connectivity index (χ2v) is 6.60. The first kappa shape index (κ1) is 15.7. The van der Waals surface area contributed by atoms with E-state index in [0.717, 1.165) is 17.4 Å². The molecule has 0 spiro atoms. The van der Waals surface area contributed by atoms with Gasteiger partial charge in [0.25, 0.3) is 0 Å². The molecule has 0 fully saturated rings. The fraction of sp³-hybridized carbons (Fsp3) is 0.615. The van der Waals surface area contributed by atoms with E-state index in [-0.39, 0.29) is 5.91 Å². The number of amides is 1. The van der Waals surface area contributed by atoms with Gasteiger partial charge in [0.1, 0.15) is 0 Å². The van der Waals surface area contributed by atoms with Crippen LogP contribution in [0.15, 0.2) is 15.9 Å². The number of rotatable bonds is 7. The summed E-state index contributed by atoms with van der Waals surface area (Å²) in [4.78, 5) is 14.9. The molecular formula is C13H21BrN2OS. The molecule has 0 unspecified atom stereocenters. The van der Waals surface area contributed by atoms with Crippen LogP contribution in [0.4, 0.5) is 0 Å². The molecule has 18 heavy (non-hydrogen) atoms. The largest absolute Gasteiger partial charge is 0.341 e. The van der Waals surface area contributed by atoms with Crippen molar-refractivity contribution in [2.24, 2.45) is 0 Å². The zero-order valence-corrected chi connectivity index (χ0v) is 13.6. The summed E-state index contributed by atoms with van der Waals surface area (Å²) in [5.41, 5.74) is 0. The predicted molar refractivity (Wildman–Crippen MR) is 80.9 cm³/mol. The van der Waals surface area contributed by atoms with Crippen LogP contribution in [0.1, 0.15) is 31.6 Å². The molecule has 1 rings (SSSR count). The molecule has 1 amide bonds. The molecular weight excluding hydrogens is 312 g/mol. The Bertz CT molecular complexity index is 379. The Balaban J connectivity index is 2.24. The van der Waals surface area contributed by atoms with Crippen LogP contribution >= 0.6 is 27.3 Å². The third-order valence-corrected chi connectivity index (χ3v) is 4.24. The van der Waals surface area contributed by atoms with Crippen molar-refractivity contribution in [1.82, 2.24) is 10.2 Å². The fourth-order valence-corrected chi connectivity index (χ4v) is 3.08. The number of thiophene rings is 1. The van der Waals surface area contributed by atoms with Crippen LogP contribution in [0, 0.1) is 0 Å². The second-order valence-electron chi connectivity index (χ2n) is 4.69. The molecule has 1 aromatic heterocycles. The normalized spacial score (nSPS) is 10.9. The molecule has 1 heterocycles. The summed E-state index contributed by atoms with van der Waals surface area (Å²) in [6, 6.07) is 2.55. The molecule has 1 N–H and O–H groups in total. The number of halogens is 1. The quantitative estimate of drug-likeness (QED) is 0.777. The van der Waals surface area contributed by atoms with Gasteiger partial charge in [0.05, 0.1) is 6.54 Å². The number of hydrogen-bond donors (Lipinski definition) is 1. The van der Waals surface area contributed by atoms with Crippen LogP contribution in [-0.4, -0.2) is 30.4 Å². The molecule has 0 saturated carbocycles. The molecule has 0 bridgehead atoms. The lowest BCUT2D eigenvalue weighted by atomic mass is 10.2. The zero-order chi connectivity index (χ0) is 13.5. The third-order valence-electron chi connectivity index (χ3n) is 2.56. The molecule has 0 aliphatic carbocycles. The average Bonchev–Trinajstić information content (AvgIpc) is 2.69. The van der Waals surface area contributed by atoms with E-state index in [9.17, 15) is 4.79 Å². The van der Waals surface area contributed by atoms with E-state index in [2.05, 4.69) is 41.2 Å². The van der Waals surface area contributed by atoms with Crippen LogP contribution in [0.5, 0.6) is 0 Å². The van der Waals surface area contributed by atoms with Gasteiger partial charge < -0.3 is 10.2 Å². The Morgan fingerprint density at radius 2 is 2.28 bits per heavy atom. The van der Waals surface area contributed by atoms with E-state index in [1.165, 1.54) is 4.88 Å². The van der Waals surface area contributed by atoms with E-state index in [1.807, 2.05) is 12.4 Å². The van der Waals surface area contributed by atoms with Crippen LogP contribution in [0.25, 0.3) is 0 Å². The van der Waals surface area contributed by atoms with Gasteiger partial charge in [-0.2, -0.15) is 0 Å². The van der Waals surface area contributed by atoms with Gasteiger partial charge in [-0.15, -0.1) is 11.3 Å². The highest BCUT2D eigenvalue weighted by Crippen LogP contribution is 2.20. The van der Waals surface area contributed by atoms with Gasteiger partial charge in [0, 0.05) is 34.2 Å². The lowest BCUT2D eigenvalue weighted by Gasteiger charge is -2.16. The molecule has 0 aliphatic heterocycles. The lowest BCUT2D eigenvalue weighted by Crippen LogP contribution is -2.28. The maximum Gasteiger partial charge on any atom is 0.222 e. The topological polar surface area (TPSA) is 32.3 Å². The van der Waals surface area contributed by atoms with Gasteiger partial charge in [-0.1, -0.05) is 13.8 Å². The summed E-state index contributed by atoms with van der Waals surface area (Å²) in [5.74, 6) is 0.213. The van der Waals surface area contributed by atoms with Gasteiger partial charge in [-0.3, -0.25) is 4.79 Å². The first-order valence-corrected chi connectivity index (χ1v) is 7.86. The van der Waals surface area contributed by atoms with Crippen molar-refractivity contribution in [3.05, 3.63) is 20.8 Å². The van der Waals surface area contributed by atoms with Gasteiger partial charge in [0.2, 0.25) is 5.91 Å². The lowest BCUT2D eigenvalue weighted by molar-refractivity contribution is -0.130. The van der Waals surface area contributed by atoms with Gasteiger partial charge in [0.15, 0.2) is 0 Å². The summed E-state index contributed by atoms with van der Waals surface area (Å²) in [6.07, 6.45) is 1.51. The van der Waals surface area contributed by atoms with Crippen molar-refractivity contribution in [3.8, 4) is 0 Å².